The molecule has 0 atom stereocenters. The van der Waals surface area contributed by atoms with Crippen LogP contribution in [-0.2, 0) is 12.7 Å². The molecule has 0 unspecified atom stereocenters. The monoisotopic (exact) mass is 464 g/mol. The van der Waals surface area contributed by atoms with Crippen LogP contribution in [0.25, 0.3) is 0 Å². The fourth-order valence-corrected chi connectivity index (χ4v) is 3.38. The van der Waals surface area contributed by atoms with E-state index in [1.165, 1.54) is 12.1 Å². The van der Waals surface area contributed by atoms with Crippen LogP contribution in [0.3, 0.4) is 0 Å². The number of carbonyl (C=O) groups is 1. The highest BCUT2D eigenvalue weighted by Crippen LogP contribution is 2.30. The Morgan fingerprint density at radius 2 is 1.64 bits per heavy atom. The van der Waals surface area contributed by atoms with E-state index in [0.717, 1.165) is 68.4 Å². The number of rotatable bonds is 13. The Balaban J connectivity index is 2.05. The standard InChI is InChI=1S/C26H35F3N2O2/c1-3-5-7-8-9-17-31(20-21-13-15-24(16-14-21)33-18-6-4-2)25(32)30-23-12-10-11-22(19-23)26(27,28)29/h10-16,19H,3-9,17-18,20H2,1-2H3,(H,30,32). The van der Waals surface area contributed by atoms with Crippen LogP contribution in [0, 0.1) is 0 Å². The van der Waals surface area contributed by atoms with Crippen LogP contribution in [0.4, 0.5) is 23.7 Å². The molecule has 182 valence electrons. The lowest BCUT2D eigenvalue weighted by Gasteiger charge is -2.24. The van der Waals surface area contributed by atoms with Crippen LogP contribution in [0.2, 0.25) is 0 Å². The highest BCUT2D eigenvalue weighted by Gasteiger charge is 2.30. The van der Waals surface area contributed by atoms with Crippen molar-refractivity contribution in [1.29, 1.82) is 0 Å². The minimum absolute atomic E-state index is 0.130. The number of benzene rings is 2. The summed E-state index contributed by atoms with van der Waals surface area (Å²) in [5.74, 6) is 0.784. The number of nitrogens with one attached hydrogen (secondary N) is 1. The molecule has 0 spiro atoms. The summed E-state index contributed by atoms with van der Waals surface area (Å²) in [6.07, 6.45) is 2.82. The van der Waals surface area contributed by atoms with Crippen LogP contribution in [0.1, 0.15) is 69.9 Å². The lowest BCUT2D eigenvalue weighted by Crippen LogP contribution is -2.35. The van der Waals surface area contributed by atoms with E-state index < -0.39 is 17.8 Å². The molecule has 4 nitrogen and oxygen atoms in total. The molecular formula is C26H35F3N2O2. The zero-order chi connectivity index (χ0) is 24.1. The first kappa shape index (κ1) is 26.6. The molecule has 0 saturated heterocycles. The molecule has 0 aliphatic carbocycles. The van der Waals surface area contributed by atoms with Gasteiger partial charge in [0.25, 0.3) is 0 Å². The van der Waals surface area contributed by atoms with Gasteiger partial charge in [0.05, 0.1) is 12.2 Å². The maximum atomic E-state index is 13.0. The Kier molecular flexibility index (Phi) is 11.1. The third kappa shape index (κ3) is 9.76. The summed E-state index contributed by atoms with van der Waals surface area (Å²) in [6, 6.07) is 11.9. The molecule has 0 fully saturated rings. The number of alkyl halides is 3. The molecule has 0 saturated carbocycles. The molecule has 0 bridgehead atoms. The molecular weight excluding hydrogens is 429 g/mol. The molecule has 0 aliphatic rings. The normalized spacial score (nSPS) is 11.3. The van der Waals surface area contributed by atoms with Gasteiger partial charge in [0, 0.05) is 18.8 Å². The van der Waals surface area contributed by atoms with E-state index in [1.54, 1.807) is 4.90 Å². The van der Waals surface area contributed by atoms with Crippen molar-refractivity contribution in [1.82, 2.24) is 4.90 Å². The number of unbranched alkanes of at least 4 members (excludes halogenated alkanes) is 5. The zero-order valence-corrected chi connectivity index (χ0v) is 19.6. The zero-order valence-electron chi connectivity index (χ0n) is 19.6. The summed E-state index contributed by atoms with van der Waals surface area (Å²) < 4.78 is 44.7. The summed E-state index contributed by atoms with van der Waals surface area (Å²) in [5.41, 5.74) is 0.279. The van der Waals surface area contributed by atoms with Crippen molar-refractivity contribution in [2.45, 2.75) is 71.5 Å². The predicted molar refractivity (Wildman–Crippen MR) is 126 cm³/mol. The smallest absolute Gasteiger partial charge is 0.416 e. The van der Waals surface area contributed by atoms with Crippen molar-refractivity contribution >= 4 is 11.7 Å². The molecule has 1 N–H and O–H groups in total. The summed E-state index contributed by atoms with van der Waals surface area (Å²) in [4.78, 5) is 14.6. The first-order chi connectivity index (χ1) is 15.8. The van der Waals surface area contributed by atoms with E-state index in [1.807, 2.05) is 24.3 Å². The van der Waals surface area contributed by atoms with Gasteiger partial charge in [0.15, 0.2) is 0 Å². The third-order valence-electron chi connectivity index (χ3n) is 5.32. The minimum atomic E-state index is -4.46. The maximum absolute atomic E-state index is 13.0. The number of hydrogen-bond donors (Lipinski definition) is 1. The quantitative estimate of drug-likeness (QED) is 0.306. The van der Waals surface area contributed by atoms with Crippen molar-refractivity contribution < 1.29 is 22.7 Å². The molecule has 0 heterocycles. The molecule has 2 rings (SSSR count). The Hall–Kier alpha value is -2.70. The summed E-state index contributed by atoms with van der Waals surface area (Å²) >= 11 is 0. The van der Waals surface area contributed by atoms with E-state index in [4.69, 9.17) is 4.74 Å². The van der Waals surface area contributed by atoms with E-state index in [0.29, 0.717) is 19.7 Å². The fraction of sp³-hybridized carbons (Fsp3) is 0.500. The first-order valence-electron chi connectivity index (χ1n) is 11.8. The summed E-state index contributed by atoms with van der Waals surface area (Å²) in [6.45, 7) is 5.81. The number of carbonyl (C=O) groups excluding carboxylic acids is 1. The van der Waals surface area contributed by atoms with Crippen molar-refractivity contribution in [3.63, 3.8) is 0 Å². The molecule has 0 aliphatic heterocycles. The molecule has 7 heteroatoms. The molecule has 2 aromatic rings. The van der Waals surface area contributed by atoms with Gasteiger partial charge in [-0.25, -0.2) is 4.79 Å². The third-order valence-corrected chi connectivity index (χ3v) is 5.32. The maximum Gasteiger partial charge on any atom is 0.416 e. The van der Waals surface area contributed by atoms with Crippen LogP contribution in [-0.4, -0.2) is 24.1 Å². The number of hydrogen-bond acceptors (Lipinski definition) is 2. The van der Waals surface area contributed by atoms with E-state index >= 15 is 0 Å². The number of amides is 2. The van der Waals surface area contributed by atoms with E-state index in [9.17, 15) is 18.0 Å². The largest absolute Gasteiger partial charge is 0.494 e. The van der Waals surface area contributed by atoms with E-state index in [2.05, 4.69) is 19.2 Å². The Bertz CT molecular complexity index is 838. The molecule has 0 radical (unpaired) electrons. The summed E-state index contributed by atoms with van der Waals surface area (Å²) in [5, 5.41) is 2.63. The topological polar surface area (TPSA) is 41.6 Å². The van der Waals surface area contributed by atoms with Crippen LogP contribution in [0.15, 0.2) is 48.5 Å². The van der Waals surface area contributed by atoms with Crippen LogP contribution in [0.5, 0.6) is 5.75 Å². The number of nitrogens with zero attached hydrogens (tertiary/aromatic N) is 1. The van der Waals surface area contributed by atoms with Crippen LogP contribution < -0.4 is 10.1 Å². The Morgan fingerprint density at radius 1 is 0.939 bits per heavy atom. The lowest BCUT2D eigenvalue weighted by molar-refractivity contribution is -0.137. The second-order valence-corrected chi connectivity index (χ2v) is 8.19. The van der Waals surface area contributed by atoms with Crippen molar-refractivity contribution in [3.8, 4) is 5.75 Å². The first-order valence-corrected chi connectivity index (χ1v) is 11.8. The van der Waals surface area contributed by atoms with Crippen molar-refractivity contribution in [2.75, 3.05) is 18.5 Å². The average molecular weight is 465 g/mol. The van der Waals surface area contributed by atoms with Gasteiger partial charge < -0.3 is 15.0 Å². The fourth-order valence-electron chi connectivity index (χ4n) is 3.38. The van der Waals surface area contributed by atoms with Crippen molar-refractivity contribution in [3.05, 3.63) is 59.7 Å². The van der Waals surface area contributed by atoms with Gasteiger partial charge in [0.1, 0.15) is 5.75 Å². The van der Waals surface area contributed by atoms with E-state index in [-0.39, 0.29) is 5.69 Å². The Morgan fingerprint density at radius 3 is 2.30 bits per heavy atom. The SMILES string of the molecule is CCCCCCCN(Cc1ccc(OCCCC)cc1)C(=O)Nc1cccc(C(F)(F)F)c1. The number of halogens is 3. The molecule has 0 aromatic heterocycles. The number of ether oxygens (including phenoxy) is 1. The minimum Gasteiger partial charge on any atom is -0.494 e. The van der Waals surface area contributed by atoms with Gasteiger partial charge in [-0.15, -0.1) is 0 Å². The Labute approximate surface area is 195 Å². The van der Waals surface area contributed by atoms with Gasteiger partial charge >= 0.3 is 12.2 Å². The highest BCUT2D eigenvalue weighted by atomic mass is 19.4. The molecule has 2 aromatic carbocycles. The summed E-state index contributed by atoms with van der Waals surface area (Å²) in [7, 11) is 0. The second kappa shape index (κ2) is 13.8. The number of anilines is 1. The van der Waals surface area contributed by atoms with Crippen LogP contribution >= 0.6 is 0 Å². The van der Waals surface area contributed by atoms with Gasteiger partial charge in [-0.1, -0.05) is 64.2 Å². The van der Waals surface area contributed by atoms with Gasteiger partial charge in [-0.2, -0.15) is 13.2 Å². The lowest BCUT2D eigenvalue weighted by atomic mass is 10.1. The average Bonchev–Trinajstić information content (AvgIpc) is 2.79. The van der Waals surface area contributed by atoms with Gasteiger partial charge in [-0.05, 0) is 48.7 Å². The van der Waals surface area contributed by atoms with Gasteiger partial charge in [0.2, 0.25) is 0 Å². The van der Waals surface area contributed by atoms with Crippen molar-refractivity contribution in [2.24, 2.45) is 0 Å². The second-order valence-electron chi connectivity index (χ2n) is 8.19. The predicted octanol–water partition coefficient (Wildman–Crippen LogP) is 7.89. The highest BCUT2D eigenvalue weighted by molar-refractivity contribution is 5.89. The number of urea groups is 1. The van der Waals surface area contributed by atoms with Gasteiger partial charge in [-0.3, -0.25) is 0 Å². The molecule has 2 amide bonds. The molecule has 33 heavy (non-hydrogen) atoms.